The van der Waals surface area contributed by atoms with Crippen LogP contribution < -0.4 is 0 Å². The molecule has 0 bridgehead atoms. The molecule has 0 heterocycles. The minimum atomic E-state index is -5.30. The average Bonchev–Trinajstić information content (AvgIpc) is 2.13. The predicted molar refractivity (Wildman–Crippen MR) is 62.8 cm³/mol. The van der Waals surface area contributed by atoms with Crippen molar-refractivity contribution >= 4 is 26.8 Å². The molecule has 0 rings (SSSR count). The molecule has 5 N–H and O–H groups in total. The summed E-state index contributed by atoms with van der Waals surface area (Å²) in [5.74, 6) is 0.446. The molecular formula is C7H17ClO7P2. The summed E-state index contributed by atoms with van der Waals surface area (Å²) >= 11 is 5.42. The van der Waals surface area contributed by atoms with E-state index in [1.165, 1.54) is 0 Å². The van der Waals surface area contributed by atoms with Gasteiger partial charge in [0.2, 0.25) is 0 Å². The third-order valence-electron chi connectivity index (χ3n) is 2.33. The number of hydrogen-bond donors (Lipinski definition) is 5. The van der Waals surface area contributed by atoms with Crippen molar-refractivity contribution in [2.24, 2.45) is 0 Å². The van der Waals surface area contributed by atoms with Crippen molar-refractivity contribution < 1.29 is 33.8 Å². The third-order valence-corrected chi connectivity index (χ3v) is 6.47. The van der Waals surface area contributed by atoms with Crippen LogP contribution in [-0.4, -0.2) is 35.6 Å². The van der Waals surface area contributed by atoms with Gasteiger partial charge >= 0.3 is 15.2 Å². The Kier molecular flexibility index (Phi) is 6.85. The maximum absolute atomic E-state index is 11.0. The molecule has 0 aromatic heterocycles. The fraction of sp³-hybridized carbons (Fsp3) is 1.00. The van der Waals surface area contributed by atoms with Crippen molar-refractivity contribution in [1.29, 1.82) is 0 Å². The molecule has 0 amide bonds. The summed E-state index contributed by atoms with van der Waals surface area (Å²) in [5.41, 5.74) is 0. The van der Waals surface area contributed by atoms with Crippen LogP contribution in [0.2, 0.25) is 0 Å². The number of unbranched alkanes of at least 4 members (excludes halogenated alkanes) is 3. The van der Waals surface area contributed by atoms with Gasteiger partial charge in [-0.3, -0.25) is 9.13 Å². The van der Waals surface area contributed by atoms with Crippen LogP contribution in [0.25, 0.3) is 0 Å². The quantitative estimate of drug-likeness (QED) is 0.258. The van der Waals surface area contributed by atoms with Crippen LogP contribution in [0, 0.1) is 0 Å². The largest absolute Gasteiger partial charge is 0.369 e. The van der Waals surface area contributed by atoms with E-state index in [-0.39, 0.29) is 6.42 Å². The summed E-state index contributed by atoms with van der Waals surface area (Å²) in [6.07, 6.45) is 1.30. The second-order valence-corrected chi connectivity index (χ2v) is 8.10. The standard InChI is InChI=1S/C7H17ClO7P2/c8-6-4-2-1-3-5-7(9,16(10,11)12)17(13,14)15/h9H,1-6H2,(H2,10,11,12)(H2,13,14,15). The molecule has 0 radical (unpaired) electrons. The van der Waals surface area contributed by atoms with E-state index in [4.69, 9.17) is 31.2 Å². The lowest BCUT2D eigenvalue weighted by Gasteiger charge is -2.29. The summed E-state index contributed by atoms with van der Waals surface area (Å²) in [6.45, 7) is 0. The Morgan fingerprint density at radius 3 is 1.65 bits per heavy atom. The van der Waals surface area contributed by atoms with E-state index in [0.29, 0.717) is 25.1 Å². The summed E-state index contributed by atoms with van der Waals surface area (Å²) in [5, 5.41) is 6.21. The van der Waals surface area contributed by atoms with Gasteiger partial charge in [-0.2, -0.15) is 0 Å². The van der Waals surface area contributed by atoms with Gasteiger partial charge < -0.3 is 24.7 Å². The molecule has 0 atom stereocenters. The molecule has 0 aromatic rings. The zero-order valence-corrected chi connectivity index (χ0v) is 11.6. The highest BCUT2D eigenvalue weighted by atomic mass is 35.5. The van der Waals surface area contributed by atoms with Gasteiger partial charge in [0.25, 0.3) is 5.08 Å². The average molecular weight is 311 g/mol. The van der Waals surface area contributed by atoms with E-state index in [1.807, 2.05) is 0 Å². The summed E-state index contributed by atoms with van der Waals surface area (Å²) in [6, 6.07) is 0. The lowest BCUT2D eigenvalue weighted by molar-refractivity contribution is 0.120. The summed E-state index contributed by atoms with van der Waals surface area (Å²) < 4.78 is 21.9. The van der Waals surface area contributed by atoms with Crippen LogP contribution in [0.5, 0.6) is 0 Å². The van der Waals surface area contributed by atoms with Crippen molar-refractivity contribution in [2.75, 3.05) is 5.88 Å². The van der Waals surface area contributed by atoms with Crippen LogP contribution in [0.3, 0.4) is 0 Å². The van der Waals surface area contributed by atoms with E-state index >= 15 is 0 Å². The minimum Gasteiger partial charge on any atom is -0.368 e. The number of aliphatic hydroxyl groups is 1. The second kappa shape index (κ2) is 6.64. The first-order valence-electron chi connectivity index (χ1n) is 4.96. The molecule has 104 valence electrons. The molecule has 0 aliphatic rings. The fourth-order valence-corrected chi connectivity index (χ4v) is 3.72. The number of halogens is 1. The zero-order valence-electron chi connectivity index (χ0n) is 9.07. The molecule has 0 aliphatic carbocycles. The van der Waals surface area contributed by atoms with Crippen molar-refractivity contribution in [3.8, 4) is 0 Å². The molecule has 0 saturated carbocycles. The highest BCUT2D eigenvalue weighted by molar-refractivity contribution is 7.72. The van der Waals surface area contributed by atoms with Gasteiger partial charge in [0.05, 0.1) is 0 Å². The Morgan fingerprint density at radius 2 is 1.29 bits per heavy atom. The SMILES string of the molecule is O=P(O)(O)C(O)(CCCCCCCl)P(=O)(O)O. The van der Waals surface area contributed by atoms with Crippen molar-refractivity contribution in [3.63, 3.8) is 0 Å². The molecule has 0 fully saturated rings. The summed E-state index contributed by atoms with van der Waals surface area (Å²) in [4.78, 5) is 35.3. The van der Waals surface area contributed by atoms with Gasteiger partial charge in [0.1, 0.15) is 0 Å². The molecule has 0 spiro atoms. The molecule has 0 aliphatic heterocycles. The molecule has 10 heteroatoms. The van der Waals surface area contributed by atoms with E-state index in [1.54, 1.807) is 0 Å². The molecular weight excluding hydrogens is 293 g/mol. The lowest BCUT2D eigenvalue weighted by Crippen LogP contribution is -2.28. The topological polar surface area (TPSA) is 135 Å². The first-order valence-corrected chi connectivity index (χ1v) is 8.72. The molecule has 0 unspecified atom stereocenters. The van der Waals surface area contributed by atoms with Crippen LogP contribution in [0.1, 0.15) is 32.1 Å². The number of hydrogen-bond acceptors (Lipinski definition) is 3. The van der Waals surface area contributed by atoms with Gasteiger partial charge in [0, 0.05) is 5.88 Å². The first kappa shape index (κ1) is 17.6. The highest BCUT2D eigenvalue weighted by Gasteiger charge is 2.58. The van der Waals surface area contributed by atoms with Gasteiger partial charge in [-0.25, -0.2) is 0 Å². The Balaban J connectivity index is 4.55. The molecule has 0 aromatic carbocycles. The van der Waals surface area contributed by atoms with E-state index < -0.39 is 26.7 Å². The van der Waals surface area contributed by atoms with Crippen molar-refractivity contribution in [2.45, 2.75) is 37.2 Å². The fourth-order valence-electron chi connectivity index (χ4n) is 1.27. The van der Waals surface area contributed by atoms with Crippen molar-refractivity contribution in [3.05, 3.63) is 0 Å². The zero-order chi connectivity index (χ0) is 13.7. The molecule has 7 nitrogen and oxygen atoms in total. The van der Waals surface area contributed by atoms with Gasteiger partial charge in [-0.15, -0.1) is 11.6 Å². The third kappa shape index (κ3) is 4.97. The first-order chi connectivity index (χ1) is 7.56. The van der Waals surface area contributed by atoms with Crippen LogP contribution in [0.4, 0.5) is 0 Å². The second-order valence-electron chi connectivity index (χ2n) is 3.72. The van der Waals surface area contributed by atoms with E-state index in [2.05, 4.69) is 0 Å². The van der Waals surface area contributed by atoms with Gasteiger partial charge in [0.15, 0.2) is 0 Å². The number of rotatable bonds is 8. The Hall–Kier alpha value is 0.550. The van der Waals surface area contributed by atoms with Crippen LogP contribution >= 0.6 is 26.8 Å². The monoisotopic (exact) mass is 310 g/mol. The van der Waals surface area contributed by atoms with Crippen molar-refractivity contribution in [1.82, 2.24) is 0 Å². The smallest absolute Gasteiger partial charge is 0.368 e. The Bertz CT molecular complexity index is 300. The van der Waals surface area contributed by atoms with Crippen LogP contribution in [-0.2, 0) is 9.13 Å². The highest BCUT2D eigenvalue weighted by Crippen LogP contribution is 2.69. The minimum absolute atomic E-state index is 0.101. The Labute approximate surface area is 104 Å². The number of alkyl halides is 1. The van der Waals surface area contributed by atoms with Crippen LogP contribution in [0.15, 0.2) is 0 Å². The molecule has 0 saturated heterocycles. The summed E-state index contributed by atoms with van der Waals surface area (Å²) in [7, 11) is -10.6. The van der Waals surface area contributed by atoms with E-state index in [9.17, 15) is 14.2 Å². The maximum Gasteiger partial charge on any atom is 0.369 e. The predicted octanol–water partition coefficient (Wildman–Crippen LogP) is 1.18. The normalized spacial score (nSPS) is 14.0. The lowest BCUT2D eigenvalue weighted by atomic mass is 10.2. The van der Waals surface area contributed by atoms with Gasteiger partial charge in [-0.1, -0.05) is 12.8 Å². The van der Waals surface area contributed by atoms with E-state index in [0.717, 1.165) is 0 Å². The maximum atomic E-state index is 11.0. The Morgan fingerprint density at radius 1 is 0.882 bits per heavy atom. The molecule has 17 heavy (non-hydrogen) atoms. The van der Waals surface area contributed by atoms with Gasteiger partial charge in [-0.05, 0) is 19.3 Å².